The number of rotatable bonds is 10. The molecule has 0 aliphatic carbocycles. The number of carboxylic acid groups (broad SMARTS) is 4. The molecule has 4 unspecified atom stereocenters. The van der Waals surface area contributed by atoms with Gasteiger partial charge in [-0.05, 0) is 6.42 Å². The zero-order valence-corrected chi connectivity index (χ0v) is 14.9. The number of hydrogen-bond donors (Lipinski definition) is 6. The highest BCUT2D eigenvalue weighted by Crippen LogP contribution is 2.58. The van der Waals surface area contributed by atoms with E-state index in [2.05, 4.69) is 14.2 Å². The van der Waals surface area contributed by atoms with Gasteiger partial charge in [0, 0.05) is 0 Å². The molecule has 0 aliphatic heterocycles. The molecule has 0 aliphatic rings. The fourth-order valence-corrected chi connectivity index (χ4v) is 3.75. The Morgan fingerprint density at radius 1 is 1.00 bits per heavy atom. The number of carboxylic acids is 1. The second-order valence-corrected chi connectivity index (χ2v) is 7.14. The maximum atomic E-state index is 12.1. The average Bonchev–Trinajstić information content (AvgIpc) is 2.48. The number of carbonyl (C=O) groups is 4. The molecule has 0 heterocycles. The van der Waals surface area contributed by atoms with E-state index in [9.17, 15) is 38.6 Å². The predicted molar refractivity (Wildman–Crippen MR) is 81.3 cm³/mol. The number of aliphatic carboxylic acids is 1. The van der Waals surface area contributed by atoms with E-state index in [0.29, 0.717) is 0 Å². The van der Waals surface area contributed by atoms with E-state index >= 15 is 0 Å². The zero-order chi connectivity index (χ0) is 21.6. The van der Waals surface area contributed by atoms with Crippen molar-refractivity contribution in [2.45, 2.75) is 31.7 Å². The fourth-order valence-electron chi connectivity index (χ4n) is 2.54. The summed E-state index contributed by atoms with van der Waals surface area (Å²) in [5, 5.41) is 32.2. The number of hydrogen-bond acceptors (Lipinski definition) is 8. The van der Waals surface area contributed by atoms with Crippen LogP contribution in [-0.2, 0) is 23.6 Å². The van der Waals surface area contributed by atoms with Crippen LogP contribution in [0, 0.1) is 11.8 Å². The lowest BCUT2D eigenvalue weighted by Crippen LogP contribution is -2.55. The lowest BCUT2D eigenvalue weighted by atomic mass is 9.82. The molecule has 0 radical (unpaired) electrons. The molecule has 0 amide bonds. The van der Waals surface area contributed by atoms with Crippen LogP contribution in [0.4, 0.5) is 14.4 Å². The molecular formula is C12H19O14P. The summed E-state index contributed by atoms with van der Waals surface area (Å²) in [4.78, 5) is 63.5. The topological polar surface area (TPSA) is 234 Å². The Hall–Kier alpha value is -2.57. The highest BCUT2D eigenvalue weighted by atomic mass is 31.2. The van der Waals surface area contributed by atoms with Gasteiger partial charge in [-0.3, -0.25) is 9.36 Å². The summed E-state index contributed by atoms with van der Waals surface area (Å²) in [5.41, 5.74) is 0. The summed E-state index contributed by atoms with van der Waals surface area (Å²) in [6.07, 6.45) is -8.46. The smallest absolute Gasteiger partial charge is 0.481 e. The van der Waals surface area contributed by atoms with Gasteiger partial charge in [0.1, 0.15) is 12.7 Å². The van der Waals surface area contributed by atoms with Gasteiger partial charge in [0.15, 0.2) is 0 Å². The van der Waals surface area contributed by atoms with Gasteiger partial charge in [-0.1, -0.05) is 13.8 Å². The predicted octanol–water partition coefficient (Wildman–Crippen LogP) is 1.06. The molecule has 4 atom stereocenters. The Labute approximate surface area is 151 Å². The maximum Gasteiger partial charge on any atom is 0.507 e. The summed E-state index contributed by atoms with van der Waals surface area (Å²) in [6, 6.07) is 0. The Morgan fingerprint density at radius 2 is 1.52 bits per heavy atom. The van der Waals surface area contributed by atoms with Gasteiger partial charge >= 0.3 is 32.0 Å². The quantitative estimate of drug-likeness (QED) is 0.165. The van der Waals surface area contributed by atoms with Gasteiger partial charge < -0.3 is 44.4 Å². The maximum absolute atomic E-state index is 12.1. The Balaban J connectivity index is 6.72. The molecule has 0 fully saturated rings. The minimum atomic E-state index is -5.80. The van der Waals surface area contributed by atoms with Crippen molar-refractivity contribution in [3.63, 3.8) is 0 Å². The lowest BCUT2D eigenvalue weighted by molar-refractivity contribution is -0.155. The van der Waals surface area contributed by atoms with Crippen LogP contribution < -0.4 is 0 Å². The molecule has 0 bridgehead atoms. The lowest BCUT2D eigenvalue weighted by Gasteiger charge is -2.42. The normalized spacial score (nSPS) is 16.9. The van der Waals surface area contributed by atoms with Crippen molar-refractivity contribution in [3.05, 3.63) is 0 Å². The third-order valence-corrected chi connectivity index (χ3v) is 5.17. The van der Waals surface area contributed by atoms with Gasteiger partial charge in [-0.15, -0.1) is 0 Å². The van der Waals surface area contributed by atoms with Crippen LogP contribution in [0.15, 0.2) is 0 Å². The summed E-state index contributed by atoms with van der Waals surface area (Å²) >= 11 is 0. The average molecular weight is 418 g/mol. The van der Waals surface area contributed by atoms with E-state index in [4.69, 9.17) is 15.3 Å². The highest BCUT2D eigenvalue weighted by molar-refractivity contribution is 7.53. The van der Waals surface area contributed by atoms with Crippen LogP contribution >= 0.6 is 7.60 Å². The van der Waals surface area contributed by atoms with Gasteiger partial charge in [0.25, 0.3) is 5.34 Å². The van der Waals surface area contributed by atoms with Crippen LogP contribution in [-0.4, -0.2) is 72.7 Å². The first-order valence-electron chi connectivity index (χ1n) is 7.15. The largest absolute Gasteiger partial charge is 0.507 e. The second-order valence-electron chi connectivity index (χ2n) is 5.29. The molecule has 15 heteroatoms. The fraction of sp³-hybridized carbons (Fsp3) is 0.667. The van der Waals surface area contributed by atoms with E-state index in [1.54, 1.807) is 0 Å². The van der Waals surface area contributed by atoms with Crippen LogP contribution in [0.3, 0.4) is 0 Å². The van der Waals surface area contributed by atoms with Gasteiger partial charge in [-0.25, -0.2) is 14.4 Å². The van der Waals surface area contributed by atoms with E-state index in [1.807, 2.05) is 0 Å². The molecule has 0 saturated heterocycles. The summed E-state index contributed by atoms with van der Waals surface area (Å²) in [5.74, 6) is -5.71. The van der Waals surface area contributed by atoms with Gasteiger partial charge in [0.2, 0.25) is 0 Å². The summed E-state index contributed by atoms with van der Waals surface area (Å²) in [7, 11) is -5.80. The highest BCUT2D eigenvalue weighted by Gasteiger charge is 2.63. The molecule has 0 aromatic carbocycles. The minimum Gasteiger partial charge on any atom is -0.481 e. The molecule has 0 saturated carbocycles. The van der Waals surface area contributed by atoms with Crippen LogP contribution in [0.1, 0.15) is 20.3 Å². The molecule has 0 aromatic heterocycles. The van der Waals surface area contributed by atoms with Crippen molar-refractivity contribution in [1.29, 1.82) is 0 Å². The minimum absolute atomic E-state index is 0.355. The Kier molecular flexibility index (Phi) is 8.50. The zero-order valence-electron chi connectivity index (χ0n) is 14.0. The van der Waals surface area contributed by atoms with Crippen molar-refractivity contribution < 1.29 is 68.2 Å². The Bertz CT molecular complexity index is 626. The van der Waals surface area contributed by atoms with E-state index in [0.717, 1.165) is 6.92 Å². The van der Waals surface area contributed by atoms with E-state index < -0.39 is 61.9 Å². The van der Waals surface area contributed by atoms with E-state index in [1.165, 1.54) is 6.92 Å². The number of ether oxygens (including phenoxy) is 3. The first-order valence-corrected chi connectivity index (χ1v) is 8.76. The third kappa shape index (κ3) is 6.27. The van der Waals surface area contributed by atoms with Gasteiger partial charge in [-0.2, -0.15) is 0 Å². The van der Waals surface area contributed by atoms with E-state index in [-0.39, 0.29) is 6.42 Å². The standard InChI is InChI=1S/C12H19O14P/c1-3-6(25-10(17)18)7(5(2)8(13)14)12(26-11(19)20,27(21,22)23)4-24-9(15)16/h5-7H,3-4H2,1-2H3,(H,13,14)(H,15,16)(H,17,18)(H,19,20)(H2,21,22,23). The van der Waals surface area contributed by atoms with Crippen LogP contribution in [0.5, 0.6) is 0 Å². The van der Waals surface area contributed by atoms with Crippen molar-refractivity contribution >= 4 is 32.0 Å². The first kappa shape index (κ1) is 24.4. The van der Waals surface area contributed by atoms with Crippen molar-refractivity contribution in [1.82, 2.24) is 0 Å². The molecule has 0 aromatic rings. The Morgan fingerprint density at radius 3 is 1.81 bits per heavy atom. The van der Waals surface area contributed by atoms with Crippen LogP contribution in [0.2, 0.25) is 0 Å². The van der Waals surface area contributed by atoms with Crippen molar-refractivity contribution in [2.24, 2.45) is 11.8 Å². The molecule has 27 heavy (non-hydrogen) atoms. The molecule has 6 N–H and O–H groups in total. The molecule has 156 valence electrons. The second kappa shape index (κ2) is 9.39. The molecule has 0 rings (SSSR count). The summed E-state index contributed by atoms with van der Waals surface area (Å²) in [6.45, 7) is 0.538. The van der Waals surface area contributed by atoms with Crippen LogP contribution in [0.25, 0.3) is 0 Å². The monoisotopic (exact) mass is 418 g/mol. The third-order valence-electron chi connectivity index (χ3n) is 3.66. The van der Waals surface area contributed by atoms with Crippen molar-refractivity contribution in [3.8, 4) is 0 Å². The molecular weight excluding hydrogens is 399 g/mol. The first-order chi connectivity index (χ1) is 12.2. The molecule has 0 spiro atoms. The van der Waals surface area contributed by atoms with Gasteiger partial charge in [0.05, 0.1) is 11.8 Å². The van der Waals surface area contributed by atoms with Crippen molar-refractivity contribution in [2.75, 3.05) is 6.61 Å². The summed E-state index contributed by atoms with van der Waals surface area (Å²) < 4.78 is 24.9. The SMILES string of the molecule is CCC(OC(=O)O)C(C(C)C(=O)O)C(COC(=O)O)(OC(=O)O)P(=O)(O)O. The molecule has 14 nitrogen and oxygen atoms in total.